The van der Waals surface area contributed by atoms with Gasteiger partial charge in [-0.1, -0.05) is 43.3 Å². The van der Waals surface area contributed by atoms with Gasteiger partial charge < -0.3 is 15.4 Å². The number of aryl methyl sites for hydroxylation is 1. The molecule has 148 valence electrons. The van der Waals surface area contributed by atoms with Gasteiger partial charge in [-0.15, -0.1) is 0 Å². The van der Waals surface area contributed by atoms with Gasteiger partial charge in [0, 0.05) is 23.4 Å². The molecule has 0 bridgehead atoms. The fourth-order valence-electron chi connectivity index (χ4n) is 2.72. The molecule has 5 nitrogen and oxygen atoms in total. The number of carbonyl (C=O) groups is 2. The van der Waals surface area contributed by atoms with Crippen LogP contribution < -0.4 is 15.4 Å². The Labute approximate surface area is 170 Å². The predicted octanol–water partition coefficient (Wildman–Crippen LogP) is 5.17. The smallest absolute Gasteiger partial charge is 0.255 e. The van der Waals surface area contributed by atoms with E-state index in [0.29, 0.717) is 35.7 Å². The van der Waals surface area contributed by atoms with Crippen LogP contribution in [0.15, 0.2) is 72.8 Å². The lowest BCUT2D eigenvalue weighted by molar-refractivity contribution is -0.115. The summed E-state index contributed by atoms with van der Waals surface area (Å²) in [6.45, 7) is 4.17. The van der Waals surface area contributed by atoms with Crippen molar-refractivity contribution in [2.75, 3.05) is 10.6 Å². The molecular formula is C24H24N2O3. The maximum Gasteiger partial charge on any atom is 0.255 e. The zero-order valence-electron chi connectivity index (χ0n) is 16.6. The van der Waals surface area contributed by atoms with E-state index in [2.05, 4.69) is 10.6 Å². The first-order chi connectivity index (χ1) is 14.0. The van der Waals surface area contributed by atoms with Crippen molar-refractivity contribution in [3.05, 3.63) is 89.5 Å². The monoisotopic (exact) mass is 388 g/mol. The van der Waals surface area contributed by atoms with Crippen molar-refractivity contribution >= 4 is 23.2 Å². The van der Waals surface area contributed by atoms with E-state index < -0.39 is 0 Å². The second kappa shape index (κ2) is 9.55. The average Bonchev–Trinajstić information content (AvgIpc) is 2.75. The summed E-state index contributed by atoms with van der Waals surface area (Å²) in [5.74, 6) is 0.407. The van der Waals surface area contributed by atoms with Crippen molar-refractivity contribution in [1.29, 1.82) is 0 Å². The summed E-state index contributed by atoms with van der Waals surface area (Å²) in [7, 11) is 0. The highest BCUT2D eigenvalue weighted by Crippen LogP contribution is 2.22. The van der Waals surface area contributed by atoms with E-state index in [1.807, 2.05) is 49.4 Å². The first-order valence-electron chi connectivity index (χ1n) is 9.54. The fraction of sp³-hybridized carbons (Fsp3) is 0.167. The minimum atomic E-state index is -0.221. The molecule has 0 saturated heterocycles. The summed E-state index contributed by atoms with van der Waals surface area (Å²) in [6.07, 6.45) is 0.397. The van der Waals surface area contributed by atoms with E-state index in [9.17, 15) is 9.59 Å². The Morgan fingerprint density at radius 1 is 0.897 bits per heavy atom. The molecule has 29 heavy (non-hydrogen) atoms. The Hall–Kier alpha value is -3.60. The van der Waals surface area contributed by atoms with Crippen LogP contribution >= 0.6 is 0 Å². The number of ether oxygens (including phenoxy) is 1. The Morgan fingerprint density at radius 3 is 2.31 bits per heavy atom. The highest BCUT2D eigenvalue weighted by Gasteiger charge is 2.10. The van der Waals surface area contributed by atoms with Crippen molar-refractivity contribution < 1.29 is 14.3 Å². The number of nitrogens with one attached hydrogen (secondary N) is 2. The SMILES string of the molecule is CCC(=O)Nc1ccc(C)c(NC(=O)c2ccc(OCc3ccccc3)cc2)c1. The summed E-state index contributed by atoms with van der Waals surface area (Å²) in [6, 6.07) is 22.4. The average molecular weight is 388 g/mol. The number of hydrogen-bond acceptors (Lipinski definition) is 3. The van der Waals surface area contributed by atoms with Gasteiger partial charge in [0.15, 0.2) is 0 Å². The molecule has 3 aromatic rings. The molecule has 0 spiro atoms. The summed E-state index contributed by atoms with van der Waals surface area (Å²) in [5.41, 5.74) is 3.84. The van der Waals surface area contributed by atoms with Crippen LogP contribution in [0, 0.1) is 6.92 Å². The first kappa shape index (κ1) is 20.1. The quantitative estimate of drug-likeness (QED) is 0.586. The van der Waals surface area contributed by atoms with Crippen LogP contribution in [-0.2, 0) is 11.4 Å². The molecule has 2 amide bonds. The van der Waals surface area contributed by atoms with Gasteiger partial charge in [0.1, 0.15) is 12.4 Å². The van der Waals surface area contributed by atoms with Crippen molar-refractivity contribution in [3.8, 4) is 5.75 Å². The molecule has 3 rings (SSSR count). The van der Waals surface area contributed by atoms with Crippen LogP contribution in [0.2, 0.25) is 0 Å². The Morgan fingerprint density at radius 2 is 1.62 bits per heavy atom. The second-order valence-electron chi connectivity index (χ2n) is 6.68. The molecule has 5 heteroatoms. The third-order valence-electron chi connectivity index (χ3n) is 4.46. The molecular weight excluding hydrogens is 364 g/mol. The number of amides is 2. The van der Waals surface area contributed by atoms with E-state index in [-0.39, 0.29) is 11.8 Å². The zero-order chi connectivity index (χ0) is 20.6. The number of rotatable bonds is 7. The summed E-state index contributed by atoms with van der Waals surface area (Å²) >= 11 is 0. The van der Waals surface area contributed by atoms with Crippen LogP contribution in [0.5, 0.6) is 5.75 Å². The molecule has 0 aromatic heterocycles. The van der Waals surface area contributed by atoms with Gasteiger partial charge in [0.2, 0.25) is 5.91 Å². The molecule has 0 atom stereocenters. The van der Waals surface area contributed by atoms with E-state index in [1.54, 1.807) is 37.3 Å². The fourth-order valence-corrected chi connectivity index (χ4v) is 2.72. The molecule has 0 saturated carbocycles. The lowest BCUT2D eigenvalue weighted by Gasteiger charge is -2.12. The van der Waals surface area contributed by atoms with Crippen LogP contribution in [0.25, 0.3) is 0 Å². The molecule has 0 fully saturated rings. The van der Waals surface area contributed by atoms with E-state index in [0.717, 1.165) is 11.1 Å². The summed E-state index contributed by atoms with van der Waals surface area (Å²) in [4.78, 5) is 24.2. The number of anilines is 2. The predicted molar refractivity (Wildman–Crippen MR) is 115 cm³/mol. The van der Waals surface area contributed by atoms with Gasteiger partial charge in [-0.05, 0) is 54.4 Å². The molecule has 0 heterocycles. The third kappa shape index (κ3) is 5.69. The minimum absolute atomic E-state index is 0.0720. The van der Waals surface area contributed by atoms with Crippen LogP contribution in [0.4, 0.5) is 11.4 Å². The van der Waals surface area contributed by atoms with Crippen molar-refractivity contribution in [2.24, 2.45) is 0 Å². The molecule has 3 aromatic carbocycles. The summed E-state index contributed by atoms with van der Waals surface area (Å²) < 4.78 is 5.76. The van der Waals surface area contributed by atoms with Gasteiger partial charge in [-0.3, -0.25) is 9.59 Å². The van der Waals surface area contributed by atoms with Crippen molar-refractivity contribution in [1.82, 2.24) is 0 Å². The highest BCUT2D eigenvalue weighted by atomic mass is 16.5. The lowest BCUT2D eigenvalue weighted by Crippen LogP contribution is -2.14. The van der Waals surface area contributed by atoms with E-state index >= 15 is 0 Å². The maximum absolute atomic E-state index is 12.6. The van der Waals surface area contributed by atoms with E-state index in [4.69, 9.17) is 4.74 Å². The minimum Gasteiger partial charge on any atom is -0.489 e. The third-order valence-corrected chi connectivity index (χ3v) is 4.46. The second-order valence-corrected chi connectivity index (χ2v) is 6.68. The molecule has 0 aliphatic rings. The van der Waals surface area contributed by atoms with Gasteiger partial charge in [0.05, 0.1) is 0 Å². The highest BCUT2D eigenvalue weighted by molar-refractivity contribution is 6.05. The lowest BCUT2D eigenvalue weighted by atomic mass is 10.1. The Kier molecular flexibility index (Phi) is 6.63. The standard InChI is InChI=1S/C24H24N2O3/c1-3-23(27)25-20-12-9-17(2)22(15-20)26-24(28)19-10-13-21(14-11-19)29-16-18-7-5-4-6-8-18/h4-15H,3,16H2,1-2H3,(H,25,27)(H,26,28). The molecule has 0 radical (unpaired) electrons. The van der Waals surface area contributed by atoms with Crippen molar-refractivity contribution in [3.63, 3.8) is 0 Å². The zero-order valence-corrected chi connectivity index (χ0v) is 16.6. The number of hydrogen-bond donors (Lipinski definition) is 2. The van der Waals surface area contributed by atoms with Gasteiger partial charge in [0.25, 0.3) is 5.91 Å². The van der Waals surface area contributed by atoms with Gasteiger partial charge >= 0.3 is 0 Å². The Balaban J connectivity index is 1.63. The molecule has 0 aliphatic carbocycles. The topological polar surface area (TPSA) is 67.4 Å². The van der Waals surface area contributed by atoms with Crippen LogP contribution in [0.1, 0.15) is 34.8 Å². The molecule has 0 unspecified atom stereocenters. The number of carbonyl (C=O) groups excluding carboxylic acids is 2. The maximum atomic E-state index is 12.6. The number of benzene rings is 3. The first-order valence-corrected chi connectivity index (χ1v) is 9.54. The van der Waals surface area contributed by atoms with Gasteiger partial charge in [-0.2, -0.15) is 0 Å². The summed E-state index contributed by atoms with van der Waals surface area (Å²) in [5, 5.41) is 5.70. The van der Waals surface area contributed by atoms with Crippen molar-refractivity contribution in [2.45, 2.75) is 26.9 Å². The molecule has 0 aliphatic heterocycles. The van der Waals surface area contributed by atoms with Crippen LogP contribution in [-0.4, -0.2) is 11.8 Å². The van der Waals surface area contributed by atoms with E-state index in [1.165, 1.54) is 0 Å². The normalized spacial score (nSPS) is 10.3. The van der Waals surface area contributed by atoms with Gasteiger partial charge in [-0.25, -0.2) is 0 Å². The van der Waals surface area contributed by atoms with Crippen LogP contribution in [0.3, 0.4) is 0 Å². The largest absolute Gasteiger partial charge is 0.489 e. The Bertz CT molecular complexity index is 983. The molecule has 2 N–H and O–H groups in total.